The lowest BCUT2D eigenvalue weighted by Crippen LogP contribution is -2.27. The van der Waals surface area contributed by atoms with Crippen molar-refractivity contribution in [2.45, 2.75) is 6.92 Å². The van der Waals surface area contributed by atoms with Gasteiger partial charge in [-0.05, 0) is 128 Å². The summed E-state index contributed by atoms with van der Waals surface area (Å²) < 4.78 is 44.9. The monoisotopic (exact) mass is 1000 g/mol. The number of thiol groups is 1. The molecule has 0 unspecified atom stereocenters. The summed E-state index contributed by atoms with van der Waals surface area (Å²) in [6, 6.07) is 32.3. The zero-order chi connectivity index (χ0) is 47.6. The summed E-state index contributed by atoms with van der Waals surface area (Å²) in [5.41, 5.74) is 3.58. The number of halogens is 3. The van der Waals surface area contributed by atoms with Crippen molar-refractivity contribution in [2.75, 3.05) is 23.0 Å². The van der Waals surface area contributed by atoms with Crippen molar-refractivity contribution in [3.63, 3.8) is 0 Å². The molecule has 0 spiro atoms. The molecular formula is C45H34F3N7O5S6. The number of thioether (sulfide) groups is 1. The molecule has 0 aliphatic carbocycles. The molecule has 1 saturated heterocycles. The number of carbonyl (C=O) groups excluding carboxylic acids is 3. The number of ether oxygens (including phenoxy) is 1. The van der Waals surface area contributed by atoms with Gasteiger partial charge < -0.3 is 14.8 Å². The second-order valence-electron chi connectivity index (χ2n) is 12.7. The molecule has 2 aliphatic rings. The van der Waals surface area contributed by atoms with E-state index in [2.05, 4.69) is 59.7 Å². The van der Waals surface area contributed by atoms with Crippen LogP contribution in [-0.2, 0) is 14.3 Å². The van der Waals surface area contributed by atoms with E-state index >= 15 is 0 Å². The van der Waals surface area contributed by atoms with Crippen molar-refractivity contribution in [3.05, 3.63) is 170 Å². The van der Waals surface area contributed by atoms with Gasteiger partial charge in [0.2, 0.25) is 11.8 Å². The number of thiazole rings is 1. The van der Waals surface area contributed by atoms with Gasteiger partial charge in [0.25, 0.3) is 0 Å². The van der Waals surface area contributed by atoms with Crippen LogP contribution in [0.1, 0.15) is 22.4 Å². The molecule has 2 aliphatic heterocycles. The smallest absolute Gasteiger partial charge is 0.315 e. The Hall–Kier alpha value is -6.45. The molecule has 0 radical (unpaired) electrons. The number of nitrogens with zero attached hydrogens (tertiary/aromatic N) is 6. The molecule has 336 valence electrons. The second-order valence-corrected chi connectivity index (χ2v) is 16.5. The topological polar surface area (TPSA) is 155 Å². The van der Waals surface area contributed by atoms with E-state index in [0.717, 1.165) is 21.7 Å². The van der Waals surface area contributed by atoms with Gasteiger partial charge in [-0.3, -0.25) is 23.9 Å². The number of H-pyrrole nitrogens is 1. The lowest BCUT2D eigenvalue weighted by atomic mass is 10.3. The highest BCUT2D eigenvalue weighted by Crippen LogP contribution is 2.32. The zero-order valence-electron chi connectivity index (χ0n) is 34.2. The van der Waals surface area contributed by atoms with E-state index < -0.39 is 0 Å². The number of nitrogens with one attached hydrogen (secondary N) is 1. The minimum atomic E-state index is -0.344. The van der Waals surface area contributed by atoms with Crippen molar-refractivity contribution in [1.82, 2.24) is 14.5 Å². The number of rotatable bonds is 7. The largest absolute Gasteiger partial charge is 0.493 e. The Morgan fingerprint density at radius 3 is 1.95 bits per heavy atom. The Kier molecular flexibility index (Phi) is 19.4. The fourth-order valence-electron chi connectivity index (χ4n) is 5.40. The van der Waals surface area contributed by atoms with Crippen molar-refractivity contribution < 1.29 is 37.4 Å². The number of para-hydroxylation sites is 4. The number of aromatic nitrogens is 3. The highest BCUT2D eigenvalue weighted by Gasteiger charge is 2.27. The van der Waals surface area contributed by atoms with Gasteiger partial charge in [0, 0.05) is 6.08 Å². The quantitative estimate of drug-likeness (QED) is 0.0462. The number of hydrogen-bond donors (Lipinski definition) is 3. The van der Waals surface area contributed by atoms with E-state index in [1.807, 2.05) is 48.5 Å². The van der Waals surface area contributed by atoms with Crippen molar-refractivity contribution in [3.8, 4) is 11.6 Å². The van der Waals surface area contributed by atoms with Crippen LogP contribution in [0.3, 0.4) is 0 Å². The maximum absolute atomic E-state index is 13.1. The van der Waals surface area contributed by atoms with Crippen LogP contribution in [0.5, 0.6) is 5.88 Å². The summed E-state index contributed by atoms with van der Waals surface area (Å²) in [5, 5.41) is 14.3. The molecule has 1 fully saturated rings. The van der Waals surface area contributed by atoms with Gasteiger partial charge in [0.1, 0.15) is 21.8 Å². The molecule has 0 atom stereocenters. The first kappa shape index (κ1) is 50.5. The molecule has 12 nitrogen and oxygen atoms in total. The van der Waals surface area contributed by atoms with Crippen LogP contribution in [0.4, 0.5) is 24.5 Å². The van der Waals surface area contributed by atoms with E-state index in [-0.39, 0.29) is 41.0 Å². The number of benzene rings is 5. The van der Waals surface area contributed by atoms with E-state index in [9.17, 15) is 32.7 Å². The first-order valence-electron chi connectivity index (χ1n) is 19.0. The number of aromatic hydroxyl groups is 1. The number of amides is 1. The van der Waals surface area contributed by atoms with Gasteiger partial charge in [-0.15, -0.1) is 11.3 Å². The molecule has 2 N–H and O–H groups in total. The van der Waals surface area contributed by atoms with Gasteiger partial charge in [0.05, 0.1) is 67.0 Å². The number of aromatic amines is 1. The van der Waals surface area contributed by atoms with Crippen molar-refractivity contribution in [1.29, 1.82) is 0 Å². The minimum Gasteiger partial charge on any atom is -0.493 e. The van der Waals surface area contributed by atoms with Crippen LogP contribution in [0.15, 0.2) is 142 Å². The fraction of sp³-hybridized carbons (Fsp3) is 0.0889. The van der Waals surface area contributed by atoms with Crippen LogP contribution in [0, 0.1) is 21.4 Å². The maximum Gasteiger partial charge on any atom is 0.315 e. The summed E-state index contributed by atoms with van der Waals surface area (Å²) in [6.45, 7) is 2.21. The van der Waals surface area contributed by atoms with Crippen LogP contribution >= 0.6 is 72.4 Å². The Labute approximate surface area is 404 Å². The Morgan fingerprint density at radius 1 is 0.894 bits per heavy atom. The molecule has 1 amide bonds. The number of esters is 1. The number of hydrogen-bond acceptors (Lipinski definition) is 15. The number of aldehydes is 1. The zero-order valence-corrected chi connectivity index (χ0v) is 39.2. The maximum atomic E-state index is 13.1. The molecule has 66 heavy (non-hydrogen) atoms. The van der Waals surface area contributed by atoms with Crippen LogP contribution in [0.2, 0.25) is 0 Å². The summed E-state index contributed by atoms with van der Waals surface area (Å²) in [6.07, 6.45) is 2.40. The van der Waals surface area contributed by atoms with Crippen LogP contribution < -0.4 is 15.6 Å². The minimum absolute atomic E-state index is 0.00883. The van der Waals surface area contributed by atoms with E-state index in [1.165, 1.54) is 81.1 Å². The number of carbonyl (C=O) groups is 3. The van der Waals surface area contributed by atoms with Gasteiger partial charge in [0.15, 0.2) is 21.9 Å². The number of aliphatic imine (C=N–C) groups is 1. The lowest BCUT2D eigenvalue weighted by Gasteiger charge is -2.14. The third kappa shape index (κ3) is 14.5. The van der Waals surface area contributed by atoms with Gasteiger partial charge in [-0.2, -0.15) is 17.6 Å². The highest BCUT2D eigenvalue weighted by molar-refractivity contribution is 8.24. The molecular weight excluding hydrogens is 968 g/mol. The first-order valence-corrected chi connectivity index (χ1v) is 22.7. The van der Waals surface area contributed by atoms with E-state index in [0.29, 0.717) is 60.5 Å². The van der Waals surface area contributed by atoms with Gasteiger partial charge in [-0.1, -0.05) is 48.2 Å². The number of imidazole rings is 1. The number of fused-ring (bicyclic) bond motifs is 2. The summed E-state index contributed by atoms with van der Waals surface area (Å²) in [4.78, 5) is 53.1. The molecule has 4 heterocycles. The summed E-state index contributed by atoms with van der Waals surface area (Å²) >= 11 is 20.9. The molecule has 21 heteroatoms. The van der Waals surface area contributed by atoms with Crippen LogP contribution in [0.25, 0.3) is 22.8 Å². The number of thiocarbonyl (C=S) groups is 2. The third-order valence-corrected chi connectivity index (χ3v) is 11.3. The molecule has 5 aromatic carbocycles. The Balaban J connectivity index is 0.000000167. The number of isothiocyanates is 1. The predicted octanol–water partition coefficient (Wildman–Crippen LogP) is 9.97. The fourth-order valence-corrected chi connectivity index (χ4v) is 7.97. The van der Waals surface area contributed by atoms with Crippen molar-refractivity contribution in [2.24, 2.45) is 15.0 Å². The average Bonchev–Trinajstić information content (AvgIpc) is 4.09. The van der Waals surface area contributed by atoms with Crippen molar-refractivity contribution >= 4 is 129 Å². The molecule has 0 bridgehead atoms. The average molecular weight is 1000 g/mol. The van der Waals surface area contributed by atoms with E-state index in [4.69, 9.17) is 24.4 Å². The Bertz CT molecular complexity index is 3020. The molecule has 0 saturated carbocycles. The molecule has 2 aromatic heterocycles. The highest BCUT2D eigenvalue weighted by atomic mass is 32.2. The normalized spacial score (nSPS) is 11.9. The SMILES string of the molecule is CCOC(=O)CS.Fc1ccc(N=C=S)cc1.O=C1CSC(=S)N1c1ccc(F)cc1.O=Cc1nc2ccccc2[nH]1.Oc1c(C=C2N=c3ccccc3=N2)sc(=S)n1-c1ccc(F)cc1. The standard InChI is InChI=1S/C17H10FN3OS2.C9H6FNOS2.C8H6N2O.C7H4FNS.C4H8O2S/c18-10-5-7-11(8-6-10)21-16(22)14(24-17(21)23)9-15-19-12-3-1-2-4-13(12)20-15;10-6-1-3-7(4-2-6)11-8(12)5-14-9(11)13;11-5-8-9-6-3-1-2-4-7(6)10-8;8-6-1-3-7(4-2-6)9-5-10;1-2-6-4(5)3-7/h1-9,22H;1-4H,5H2;1-5H,(H,9,10);1-4H;7H,2-3H2,1H3. The summed E-state index contributed by atoms with van der Waals surface area (Å²) in [5.74, 6) is 0.179. The van der Waals surface area contributed by atoms with Crippen LogP contribution in [-0.4, -0.2) is 65.4 Å². The lowest BCUT2D eigenvalue weighted by molar-refractivity contribution is -0.139. The predicted molar refractivity (Wildman–Crippen MR) is 265 cm³/mol. The number of anilines is 1. The van der Waals surface area contributed by atoms with Gasteiger partial charge in [-0.25, -0.2) is 28.1 Å². The third-order valence-electron chi connectivity index (χ3n) is 8.30. The molecule has 9 rings (SSSR count). The first-order chi connectivity index (χ1) is 31.8. The summed E-state index contributed by atoms with van der Waals surface area (Å²) in [7, 11) is 0. The molecule has 7 aromatic rings. The second kappa shape index (κ2) is 25.3. The Morgan fingerprint density at radius 2 is 1.45 bits per heavy atom. The van der Waals surface area contributed by atoms with Gasteiger partial charge >= 0.3 is 5.97 Å². The van der Waals surface area contributed by atoms with E-state index in [1.54, 1.807) is 37.3 Å².